The lowest BCUT2D eigenvalue weighted by molar-refractivity contribution is -0.132. The van der Waals surface area contributed by atoms with E-state index in [-0.39, 0.29) is 11.4 Å². The van der Waals surface area contributed by atoms with Crippen LogP contribution in [0.25, 0.3) is 0 Å². The second-order valence-corrected chi connectivity index (χ2v) is 2.69. The molecule has 1 amide bonds. The number of nitrogens with one attached hydrogen (secondary N) is 1. The maximum atomic E-state index is 10.9. The molecule has 1 aromatic rings. The largest absolute Gasteiger partial charge is 0.325 e. The first-order valence-corrected chi connectivity index (χ1v) is 3.94. The van der Waals surface area contributed by atoms with Gasteiger partial charge < -0.3 is 0 Å². The number of carbonyl (C=O) groups excluding carboxylic acids is 1. The van der Waals surface area contributed by atoms with Gasteiger partial charge in [-0.3, -0.25) is 14.4 Å². The molecule has 0 saturated heterocycles. The fourth-order valence-corrected chi connectivity index (χ4v) is 1.11. The van der Waals surface area contributed by atoms with Crippen molar-refractivity contribution in [2.45, 2.75) is 6.54 Å². The van der Waals surface area contributed by atoms with Gasteiger partial charge in [0.25, 0.3) is 5.91 Å². The van der Waals surface area contributed by atoms with Crippen molar-refractivity contribution >= 4 is 17.2 Å². The van der Waals surface area contributed by atoms with Crippen molar-refractivity contribution in [1.82, 2.24) is 15.3 Å². The summed E-state index contributed by atoms with van der Waals surface area (Å²) in [6, 6.07) is 0. The number of aromatic nitrogens is 2. The Morgan fingerprint density at radius 1 is 1.92 bits per heavy atom. The highest BCUT2D eigenvalue weighted by Gasteiger charge is 2.04. The summed E-state index contributed by atoms with van der Waals surface area (Å²) in [6.07, 6.45) is 0. The van der Waals surface area contributed by atoms with Gasteiger partial charge in [0.05, 0.1) is 7.11 Å². The van der Waals surface area contributed by atoms with Gasteiger partial charge in [0.1, 0.15) is 12.1 Å². The van der Waals surface area contributed by atoms with Crippen molar-refractivity contribution < 1.29 is 9.63 Å². The Labute approximate surface area is 71.7 Å². The molecule has 0 bridgehead atoms. The van der Waals surface area contributed by atoms with Crippen molar-refractivity contribution in [3.8, 4) is 0 Å². The fourth-order valence-electron chi connectivity index (χ4n) is 0.621. The third-order valence-electron chi connectivity index (χ3n) is 1.06. The molecule has 0 radical (unpaired) electrons. The van der Waals surface area contributed by atoms with Crippen LogP contribution in [0.1, 0.15) is 0 Å². The molecule has 0 unspecified atom stereocenters. The Hall–Kier alpha value is -1.21. The first-order valence-electron chi connectivity index (χ1n) is 3.06. The van der Waals surface area contributed by atoms with Crippen LogP contribution in [0.2, 0.25) is 0 Å². The highest BCUT2D eigenvalue weighted by Crippen LogP contribution is 1.82. The molecule has 12 heavy (non-hydrogen) atoms. The molecule has 0 aliphatic rings. The van der Waals surface area contributed by atoms with Gasteiger partial charge in [-0.15, -0.1) is 0 Å². The minimum atomic E-state index is -0.412. The zero-order chi connectivity index (χ0) is 8.97. The molecule has 1 N–H and O–H groups in total. The zero-order valence-electron chi connectivity index (χ0n) is 6.31. The summed E-state index contributed by atoms with van der Waals surface area (Å²) >= 11 is 0.940. The molecule has 1 rings (SSSR count). The lowest BCUT2D eigenvalue weighted by atomic mass is 10.6. The van der Waals surface area contributed by atoms with E-state index in [2.05, 4.69) is 15.4 Å². The van der Waals surface area contributed by atoms with E-state index in [1.165, 1.54) is 12.6 Å². The molecule has 1 aromatic heterocycles. The van der Waals surface area contributed by atoms with Gasteiger partial charge in [-0.25, -0.2) is 10.2 Å². The predicted molar refractivity (Wildman–Crippen MR) is 41.5 cm³/mol. The quantitative estimate of drug-likeness (QED) is 0.618. The van der Waals surface area contributed by atoms with Gasteiger partial charge >= 0.3 is 4.87 Å². The van der Waals surface area contributed by atoms with Crippen LogP contribution in [0, 0.1) is 0 Å². The molecule has 0 aliphatic heterocycles. The van der Waals surface area contributed by atoms with E-state index < -0.39 is 5.91 Å². The molecule has 1 heterocycles. The molecule has 7 heteroatoms. The normalized spacial score (nSPS) is 9.75. The third kappa shape index (κ3) is 2.14. The number of hydrogen-bond acceptors (Lipinski definition) is 5. The summed E-state index contributed by atoms with van der Waals surface area (Å²) in [7, 11) is 1.32. The van der Waals surface area contributed by atoms with E-state index in [4.69, 9.17) is 0 Å². The van der Waals surface area contributed by atoms with Crippen molar-refractivity contribution in [2.24, 2.45) is 0 Å². The molecule has 0 spiro atoms. The van der Waals surface area contributed by atoms with Gasteiger partial charge in [-0.1, -0.05) is 11.3 Å². The molecule has 0 atom stereocenters. The highest BCUT2D eigenvalue weighted by molar-refractivity contribution is 7.06. The van der Waals surface area contributed by atoms with E-state index in [9.17, 15) is 9.59 Å². The Bertz CT molecular complexity index is 318. The molecule has 6 nitrogen and oxygen atoms in total. The van der Waals surface area contributed by atoms with Crippen molar-refractivity contribution in [3.05, 3.63) is 15.2 Å². The summed E-state index contributed by atoms with van der Waals surface area (Å²) in [5, 5.41) is 3.64. The van der Waals surface area contributed by atoms with Gasteiger partial charge in [-0.05, 0) is 0 Å². The molecule has 66 valence electrons. The van der Waals surface area contributed by atoms with Crippen LogP contribution in [-0.2, 0) is 16.2 Å². The first-order chi connectivity index (χ1) is 5.74. The Morgan fingerprint density at radius 3 is 3.17 bits per heavy atom. The number of rotatable bonds is 3. The van der Waals surface area contributed by atoms with Crippen molar-refractivity contribution in [3.63, 3.8) is 0 Å². The van der Waals surface area contributed by atoms with Gasteiger partial charge in [0.15, 0.2) is 0 Å². The molecular weight excluding hydrogens is 182 g/mol. The highest BCUT2D eigenvalue weighted by atomic mass is 32.1. The van der Waals surface area contributed by atoms with E-state index >= 15 is 0 Å². The van der Waals surface area contributed by atoms with E-state index in [0.29, 0.717) is 0 Å². The standard InChI is InChI=1S/C5H7N3O3S/c1-11-7-4(9)2-8-5(10)12-3-6-8/h3H,2H2,1H3,(H,7,9). The average Bonchev–Trinajstić information content (AvgIpc) is 2.37. The zero-order valence-corrected chi connectivity index (χ0v) is 7.13. The Morgan fingerprint density at radius 2 is 2.67 bits per heavy atom. The summed E-state index contributed by atoms with van der Waals surface area (Å²) in [4.78, 5) is 25.8. The van der Waals surface area contributed by atoms with Crippen LogP contribution in [0.3, 0.4) is 0 Å². The minimum absolute atomic E-state index is 0.115. The smallest absolute Gasteiger partial charge is 0.277 e. The summed E-state index contributed by atoms with van der Waals surface area (Å²) in [6.45, 7) is -0.115. The molecule has 0 aromatic carbocycles. The SMILES string of the molecule is CONC(=O)Cn1ncsc1=O. The van der Waals surface area contributed by atoms with E-state index in [0.717, 1.165) is 16.0 Å². The number of carbonyl (C=O) groups is 1. The van der Waals surface area contributed by atoms with Crippen LogP contribution in [0.15, 0.2) is 10.3 Å². The number of amides is 1. The average molecular weight is 189 g/mol. The third-order valence-corrected chi connectivity index (χ3v) is 1.67. The van der Waals surface area contributed by atoms with Crippen LogP contribution >= 0.6 is 11.3 Å². The van der Waals surface area contributed by atoms with E-state index in [1.54, 1.807) is 0 Å². The monoisotopic (exact) mass is 189 g/mol. The molecule has 0 aliphatic carbocycles. The molecular formula is C5H7N3O3S. The predicted octanol–water partition coefficient (Wildman–Crippen LogP) is -1.02. The summed E-state index contributed by atoms with van der Waals surface area (Å²) < 4.78 is 1.05. The number of nitrogens with zero attached hydrogens (tertiary/aromatic N) is 2. The van der Waals surface area contributed by atoms with Gasteiger partial charge in [0.2, 0.25) is 0 Å². The molecule has 0 fully saturated rings. The van der Waals surface area contributed by atoms with Crippen LogP contribution < -0.4 is 10.4 Å². The van der Waals surface area contributed by atoms with Gasteiger partial charge in [-0.2, -0.15) is 5.10 Å². The summed E-state index contributed by atoms with van der Waals surface area (Å²) in [5.41, 5.74) is 3.45. The van der Waals surface area contributed by atoms with E-state index in [1.807, 2.05) is 0 Å². The fraction of sp³-hybridized carbons (Fsp3) is 0.400. The first kappa shape index (κ1) is 8.88. The topological polar surface area (TPSA) is 73.2 Å². The number of hydroxylamine groups is 1. The van der Waals surface area contributed by atoms with Crippen LogP contribution in [0.4, 0.5) is 0 Å². The molecule has 0 saturated carbocycles. The van der Waals surface area contributed by atoms with Crippen LogP contribution in [0.5, 0.6) is 0 Å². The minimum Gasteiger partial charge on any atom is -0.277 e. The lowest BCUT2D eigenvalue weighted by Crippen LogP contribution is -2.30. The summed E-state index contributed by atoms with van der Waals surface area (Å²) in [5.74, 6) is -0.412. The van der Waals surface area contributed by atoms with Crippen molar-refractivity contribution in [2.75, 3.05) is 7.11 Å². The second-order valence-electron chi connectivity index (χ2n) is 1.89. The number of hydrogen-bond donors (Lipinski definition) is 1. The maximum Gasteiger partial charge on any atom is 0.325 e. The van der Waals surface area contributed by atoms with Crippen molar-refractivity contribution in [1.29, 1.82) is 0 Å². The lowest BCUT2D eigenvalue weighted by Gasteiger charge is -1.99. The Balaban J connectivity index is 2.58. The Kier molecular flexibility index (Phi) is 2.94. The maximum absolute atomic E-state index is 10.9. The van der Waals surface area contributed by atoms with Gasteiger partial charge in [0, 0.05) is 0 Å². The second kappa shape index (κ2) is 3.98. The van der Waals surface area contributed by atoms with Crippen LogP contribution in [-0.4, -0.2) is 22.8 Å².